The largest absolute Gasteiger partial charge is 0.382 e. The van der Waals surface area contributed by atoms with Crippen LogP contribution in [0.15, 0.2) is 0 Å². The molecule has 1 amide bonds. The average Bonchev–Trinajstić information content (AvgIpc) is 1.97. The maximum Gasteiger partial charge on any atom is 0.250 e. The number of hydroxylamine groups is 1. The molecule has 5 nitrogen and oxygen atoms in total. The Morgan fingerprint density at radius 1 is 1.33 bits per heavy atom. The first-order chi connectivity index (χ1) is 5.66. The van der Waals surface area contributed by atoms with Crippen LogP contribution in [0.3, 0.4) is 0 Å². The van der Waals surface area contributed by atoms with Crippen LogP contribution in [0.2, 0.25) is 0 Å². The molecule has 0 saturated carbocycles. The molecule has 5 heteroatoms. The normalized spacial score (nSPS) is 9.50. The molecule has 0 rings (SSSR count). The number of ether oxygens (including phenoxy) is 1. The first-order valence-corrected chi connectivity index (χ1v) is 3.56. The van der Waals surface area contributed by atoms with Crippen molar-refractivity contribution in [2.75, 3.05) is 20.3 Å². The third kappa shape index (κ3) is 7.17. The fraction of sp³-hybridized carbons (Fsp3) is 0.714. The van der Waals surface area contributed by atoms with Crippen LogP contribution in [0.4, 0.5) is 0 Å². The van der Waals surface area contributed by atoms with Gasteiger partial charge < -0.3 is 4.74 Å². The van der Waals surface area contributed by atoms with Crippen LogP contribution in [0.1, 0.15) is 13.3 Å². The van der Waals surface area contributed by atoms with Gasteiger partial charge in [0.1, 0.15) is 5.78 Å². The van der Waals surface area contributed by atoms with Crippen molar-refractivity contribution in [2.24, 2.45) is 0 Å². The predicted molar refractivity (Wildman–Crippen MR) is 41.3 cm³/mol. The molecule has 70 valence electrons. The number of hydrogen-bond acceptors (Lipinski definition) is 4. The van der Waals surface area contributed by atoms with Gasteiger partial charge in [-0.3, -0.25) is 14.4 Å². The molecule has 0 aliphatic rings. The molecule has 0 bridgehead atoms. The van der Waals surface area contributed by atoms with Crippen molar-refractivity contribution in [3.8, 4) is 0 Å². The number of carbonyl (C=O) groups is 2. The number of methoxy groups -OCH3 is 1. The summed E-state index contributed by atoms with van der Waals surface area (Å²) in [7, 11) is 1.53. The standard InChI is InChI=1S/C7H13NO4/c1-6(9)5-7(10)8-12-4-3-11-2/h3-5H2,1-2H3,(H,8,10). The van der Waals surface area contributed by atoms with Gasteiger partial charge in [0.25, 0.3) is 5.91 Å². The molecule has 0 fully saturated rings. The highest BCUT2D eigenvalue weighted by Crippen LogP contribution is 1.81. The zero-order valence-electron chi connectivity index (χ0n) is 7.25. The van der Waals surface area contributed by atoms with E-state index in [0.717, 1.165) is 0 Å². The lowest BCUT2D eigenvalue weighted by Gasteiger charge is -2.03. The van der Waals surface area contributed by atoms with E-state index in [9.17, 15) is 9.59 Å². The maximum absolute atomic E-state index is 10.7. The van der Waals surface area contributed by atoms with Gasteiger partial charge in [0.15, 0.2) is 0 Å². The Kier molecular flexibility index (Phi) is 6.22. The van der Waals surface area contributed by atoms with E-state index in [1.807, 2.05) is 0 Å². The minimum Gasteiger partial charge on any atom is -0.382 e. The summed E-state index contributed by atoms with van der Waals surface area (Å²) < 4.78 is 4.66. The first kappa shape index (κ1) is 11.1. The Morgan fingerprint density at radius 2 is 2.00 bits per heavy atom. The zero-order valence-corrected chi connectivity index (χ0v) is 7.25. The average molecular weight is 175 g/mol. The fourth-order valence-electron chi connectivity index (χ4n) is 0.519. The second-order valence-corrected chi connectivity index (χ2v) is 2.25. The third-order valence-corrected chi connectivity index (χ3v) is 0.985. The molecule has 0 aromatic rings. The number of nitrogens with one attached hydrogen (secondary N) is 1. The minimum atomic E-state index is -0.432. The van der Waals surface area contributed by atoms with E-state index < -0.39 is 5.91 Å². The molecule has 0 heterocycles. The molecule has 12 heavy (non-hydrogen) atoms. The van der Waals surface area contributed by atoms with Gasteiger partial charge in [-0.15, -0.1) is 0 Å². The van der Waals surface area contributed by atoms with Crippen LogP contribution in [0, 0.1) is 0 Å². The maximum atomic E-state index is 10.7. The van der Waals surface area contributed by atoms with Crippen molar-refractivity contribution in [3.63, 3.8) is 0 Å². The van der Waals surface area contributed by atoms with E-state index in [-0.39, 0.29) is 18.8 Å². The van der Waals surface area contributed by atoms with Crippen LogP contribution in [-0.2, 0) is 19.2 Å². The summed E-state index contributed by atoms with van der Waals surface area (Å²) in [5.74, 6) is -0.624. The third-order valence-electron chi connectivity index (χ3n) is 0.985. The number of ketones is 1. The summed E-state index contributed by atoms with van der Waals surface area (Å²) in [5.41, 5.74) is 2.11. The van der Waals surface area contributed by atoms with Gasteiger partial charge in [-0.1, -0.05) is 0 Å². The topological polar surface area (TPSA) is 64.6 Å². The predicted octanol–water partition coefficient (Wildman–Crippen LogP) is -0.340. The number of rotatable bonds is 6. The van der Waals surface area contributed by atoms with Crippen molar-refractivity contribution in [1.82, 2.24) is 5.48 Å². The van der Waals surface area contributed by atoms with Crippen LogP contribution in [0.25, 0.3) is 0 Å². The molecule has 0 unspecified atom stereocenters. The zero-order chi connectivity index (χ0) is 9.40. The van der Waals surface area contributed by atoms with Gasteiger partial charge in [-0.2, -0.15) is 0 Å². The van der Waals surface area contributed by atoms with Crippen LogP contribution < -0.4 is 5.48 Å². The van der Waals surface area contributed by atoms with E-state index in [0.29, 0.717) is 6.61 Å². The van der Waals surface area contributed by atoms with Crippen molar-refractivity contribution in [2.45, 2.75) is 13.3 Å². The highest BCUT2D eigenvalue weighted by Gasteiger charge is 2.03. The lowest BCUT2D eigenvalue weighted by molar-refractivity contribution is -0.137. The molecule has 0 aromatic heterocycles. The molecule has 1 N–H and O–H groups in total. The summed E-state index contributed by atoms with van der Waals surface area (Å²) in [4.78, 5) is 25.8. The van der Waals surface area contributed by atoms with E-state index in [1.54, 1.807) is 0 Å². The smallest absolute Gasteiger partial charge is 0.250 e. The number of hydrogen-bond donors (Lipinski definition) is 1. The SMILES string of the molecule is COCCONC(=O)CC(C)=O. The monoisotopic (exact) mass is 175 g/mol. The molecule has 0 atom stereocenters. The summed E-state index contributed by atoms with van der Waals surface area (Å²) >= 11 is 0. The van der Waals surface area contributed by atoms with E-state index in [4.69, 9.17) is 0 Å². The van der Waals surface area contributed by atoms with E-state index in [2.05, 4.69) is 15.1 Å². The Bertz CT molecular complexity index is 157. The van der Waals surface area contributed by atoms with Gasteiger partial charge >= 0.3 is 0 Å². The lowest BCUT2D eigenvalue weighted by Crippen LogP contribution is -2.26. The van der Waals surface area contributed by atoms with Crippen LogP contribution in [-0.4, -0.2) is 32.0 Å². The molecular weight excluding hydrogens is 162 g/mol. The summed E-state index contributed by atoms with van der Waals surface area (Å²) in [5, 5.41) is 0. The summed E-state index contributed by atoms with van der Waals surface area (Å²) in [6, 6.07) is 0. The molecule has 0 aliphatic heterocycles. The van der Waals surface area contributed by atoms with Crippen molar-refractivity contribution in [1.29, 1.82) is 0 Å². The van der Waals surface area contributed by atoms with Gasteiger partial charge in [0.2, 0.25) is 0 Å². The van der Waals surface area contributed by atoms with E-state index >= 15 is 0 Å². The summed E-state index contributed by atoms with van der Waals surface area (Å²) in [6.45, 7) is 2.02. The Labute approximate surface area is 71.0 Å². The van der Waals surface area contributed by atoms with E-state index in [1.165, 1.54) is 14.0 Å². The molecule has 0 aliphatic carbocycles. The quantitative estimate of drug-likeness (QED) is 0.341. The van der Waals surface area contributed by atoms with Crippen LogP contribution >= 0.6 is 0 Å². The lowest BCUT2D eigenvalue weighted by atomic mass is 10.3. The molecule has 0 saturated heterocycles. The van der Waals surface area contributed by atoms with Gasteiger partial charge in [0, 0.05) is 7.11 Å². The Balaban J connectivity index is 3.26. The van der Waals surface area contributed by atoms with Gasteiger partial charge in [0.05, 0.1) is 19.6 Å². The number of carbonyl (C=O) groups excluding carboxylic acids is 2. The summed E-state index contributed by atoms with van der Waals surface area (Å²) in [6.07, 6.45) is -0.146. The van der Waals surface area contributed by atoms with Gasteiger partial charge in [-0.25, -0.2) is 5.48 Å². The minimum absolute atomic E-state index is 0.146. The van der Waals surface area contributed by atoms with Crippen LogP contribution in [0.5, 0.6) is 0 Å². The number of Topliss-reactive ketones (excluding diaryl/α,β-unsaturated/α-hetero) is 1. The van der Waals surface area contributed by atoms with Crippen molar-refractivity contribution in [3.05, 3.63) is 0 Å². The highest BCUT2D eigenvalue weighted by atomic mass is 16.7. The second kappa shape index (κ2) is 6.75. The number of amides is 1. The Morgan fingerprint density at radius 3 is 2.50 bits per heavy atom. The molecular formula is C7H13NO4. The molecule has 0 spiro atoms. The van der Waals surface area contributed by atoms with Crippen molar-refractivity contribution >= 4 is 11.7 Å². The van der Waals surface area contributed by atoms with Gasteiger partial charge in [-0.05, 0) is 6.92 Å². The van der Waals surface area contributed by atoms with Crippen molar-refractivity contribution < 1.29 is 19.2 Å². The molecule has 0 radical (unpaired) electrons. The second-order valence-electron chi connectivity index (χ2n) is 2.25. The fourth-order valence-corrected chi connectivity index (χ4v) is 0.519. The first-order valence-electron chi connectivity index (χ1n) is 3.56. The Hall–Kier alpha value is -0.940. The highest BCUT2D eigenvalue weighted by molar-refractivity contribution is 5.96. The molecule has 0 aromatic carbocycles.